The van der Waals surface area contributed by atoms with Gasteiger partial charge in [0.15, 0.2) is 0 Å². The van der Waals surface area contributed by atoms with Gasteiger partial charge in [-0.1, -0.05) is 24.9 Å². The zero-order valence-electron chi connectivity index (χ0n) is 9.03. The number of H-pyrrole nitrogens is 1. The van der Waals surface area contributed by atoms with Crippen LogP contribution in [0.4, 0.5) is 0 Å². The van der Waals surface area contributed by atoms with Crippen molar-refractivity contribution in [3.05, 3.63) is 27.8 Å². The summed E-state index contributed by atoms with van der Waals surface area (Å²) in [4.78, 5) is 7.54. The van der Waals surface area contributed by atoms with Crippen LogP contribution in [0.1, 0.15) is 31.6 Å². The first kappa shape index (κ1) is 11.6. The van der Waals surface area contributed by atoms with E-state index in [4.69, 9.17) is 17.3 Å². The fourth-order valence-electron chi connectivity index (χ4n) is 1.57. The van der Waals surface area contributed by atoms with Crippen molar-refractivity contribution < 1.29 is 0 Å². The third kappa shape index (κ3) is 2.45. The van der Waals surface area contributed by atoms with Gasteiger partial charge in [-0.2, -0.15) is 0 Å². The molecule has 0 radical (unpaired) electrons. The van der Waals surface area contributed by atoms with Gasteiger partial charge in [0.1, 0.15) is 5.82 Å². The number of hydrogen-bond donors (Lipinski definition) is 2. The minimum absolute atomic E-state index is 0.00661. The molecule has 2 aromatic heterocycles. The normalized spacial score (nSPS) is 12.9. The molecule has 16 heavy (non-hydrogen) atoms. The summed E-state index contributed by atoms with van der Waals surface area (Å²) in [5.74, 6) is 0.846. The van der Waals surface area contributed by atoms with E-state index in [1.165, 1.54) is 11.3 Å². The van der Waals surface area contributed by atoms with Gasteiger partial charge in [0, 0.05) is 10.9 Å². The number of nitrogens with zero attached hydrogens (tertiary/aromatic N) is 1. The van der Waals surface area contributed by atoms with Crippen molar-refractivity contribution in [1.82, 2.24) is 9.97 Å². The van der Waals surface area contributed by atoms with Crippen LogP contribution in [0, 0.1) is 0 Å². The minimum atomic E-state index is -0.00661. The van der Waals surface area contributed by atoms with Crippen LogP contribution in [-0.2, 0) is 0 Å². The van der Waals surface area contributed by atoms with Gasteiger partial charge >= 0.3 is 0 Å². The monoisotopic (exact) mass is 255 g/mol. The lowest BCUT2D eigenvalue weighted by Gasteiger charge is -2.05. The maximum atomic E-state index is 5.98. The molecule has 0 aliphatic heterocycles. The molecule has 3 N–H and O–H groups in total. The van der Waals surface area contributed by atoms with E-state index in [0.29, 0.717) is 0 Å². The Kier molecular flexibility index (Phi) is 3.63. The second-order valence-corrected chi connectivity index (χ2v) is 5.26. The molecule has 0 aliphatic carbocycles. The molecule has 0 saturated heterocycles. The molecule has 5 heteroatoms. The Morgan fingerprint density at radius 3 is 3.06 bits per heavy atom. The SMILES string of the molecule is CCCC(N)c1ncc(-c2csc(Cl)c2)[nH]1. The average molecular weight is 256 g/mol. The predicted octanol–water partition coefficient (Wildman–Crippen LogP) is 3.59. The van der Waals surface area contributed by atoms with E-state index in [9.17, 15) is 0 Å². The fourth-order valence-corrected chi connectivity index (χ4v) is 2.45. The predicted molar refractivity (Wildman–Crippen MR) is 68.7 cm³/mol. The Morgan fingerprint density at radius 1 is 1.62 bits per heavy atom. The van der Waals surface area contributed by atoms with Crippen LogP contribution in [0.5, 0.6) is 0 Å². The molecule has 1 unspecified atom stereocenters. The van der Waals surface area contributed by atoms with Crippen LogP contribution in [0.3, 0.4) is 0 Å². The first-order valence-electron chi connectivity index (χ1n) is 5.25. The lowest BCUT2D eigenvalue weighted by molar-refractivity contribution is 0.609. The minimum Gasteiger partial charge on any atom is -0.341 e. The summed E-state index contributed by atoms with van der Waals surface area (Å²) in [5.41, 5.74) is 8.03. The third-order valence-corrected chi connectivity index (χ3v) is 3.52. The van der Waals surface area contributed by atoms with E-state index < -0.39 is 0 Å². The van der Waals surface area contributed by atoms with E-state index in [2.05, 4.69) is 16.9 Å². The average Bonchev–Trinajstić information content (AvgIpc) is 2.85. The van der Waals surface area contributed by atoms with Crippen molar-refractivity contribution in [3.8, 4) is 11.3 Å². The summed E-state index contributed by atoms with van der Waals surface area (Å²) in [7, 11) is 0. The van der Waals surface area contributed by atoms with Crippen molar-refractivity contribution in [1.29, 1.82) is 0 Å². The van der Waals surface area contributed by atoms with Crippen molar-refractivity contribution in [3.63, 3.8) is 0 Å². The second-order valence-electron chi connectivity index (χ2n) is 3.72. The highest BCUT2D eigenvalue weighted by atomic mass is 35.5. The van der Waals surface area contributed by atoms with E-state index in [-0.39, 0.29) is 6.04 Å². The van der Waals surface area contributed by atoms with Crippen LogP contribution in [0.25, 0.3) is 11.3 Å². The van der Waals surface area contributed by atoms with E-state index >= 15 is 0 Å². The van der Waals surface area contributed by atoms with Gasteiger partial charge in [-0.25, -0.2) is 4.98 Å². The molecular weight excluding hydrogens is 242 g/mol. The van der Waals surface area contributed by atoms with E-state index in [1.807, 2.05) is 17.6 Å². The number of halogens is 1. The molecule has 0 amide bonds. The Balaban J connectivity index is 2.19. The highest BCUT2D eigenvalue weighted by molar-refractivity contribution is 7.14. The van der Waals surface area contributed by atoms with Crippen LogP contribution < -0.4 is 5.73 Å². The molecule has 0 spiro atoms. The first-order valence-corrected chi connectivity index (χ1v) is 6.51. The molecule has 2 aromatic rings. The van der Waals surface area contributed by atoms with Gasteiger partial charge in [-0.3, -0.25) is 0 Å². The fraction of sp³-hybridized carbons (Fsp3) is 0.364. The zero-order chi connectivity index (χ0) is 11.5. The number of nitrogens with two attached hydrogens (primary N) is 1. The van der Waals surface area contributed by atoms with Crippen molar-refractivity contribution in [2.24, 2.45) is 5.73 Å². The maximum Gasteiger partial charge on any atom is 0.123 e. The number of imidazole rings is 1. The Labute approximate surface area is 104 Å². The molecule has 2 heterocycles. The van der Waals surface area contributed by atoms with Crippen molar-refractivity contribution in [2.75, 3.05) is 0 Å². The highest BCUT2D eigenvalue weighted by Crippen LogP contribution is 2.28. The Bertz CT molecular complexity index is 463. The van der Waals surface area contributed by atoms with Crippen LogP contribution >= 0.6 is 22.9 Å². The molecule has 0 fully saturated rings. The molecule has 0 aromatic carbocycles. The largest absolute Gasteiger partial charge is 0.341 e. The van der Waals surface area contributed by atoms with Gasteiger partial charge in [-0.15, -0.1) is 11.3 Å². The van der Waals surface area contributed by atoms with Gasteiger partial charge in [0.25, 0.3) is 0 Å². The highest BCUT2D eigenvalue weighted by Gasteiger charge is 2.10. The summed E-state index contributed by atoms with van der Waals surface area (Å²) in [6.07, 6.45) is 3.81. The van der Waals surface area contributed by atoms with Gasteiger partial charge < -0.3 is 10.7 Å². The molecule has 0 bridgehead atoms. The molecule has 3 nitrogen and oxygen atoms in total. The molecule has 2 rings (SSSR count). The number of hydrogen-bond acceptors (Lipinski definition) is 3. The van der Waals surface area contributed by atoms with Crippen LogP contribution in [0.15, 0.2) is 17.6 Å². The van der Waals surface area contributed by atoms with Gasteiger partial charge in [-0.05, 0) is 12.5 Å². The summed E-state index contributed by atoms with van der Waals surface area (Å²) >= 11 is 7.40. The van der Waals surface area contributed by atoms with Crippen molar-refractivity contribution >= 4 is 22.9 Å². The summed E-state index contributed by atoms with van der Waals surface area (Å²) in [6.45, 7) is 2.11. The molecule has 0 aliphatic rings. The lowest BCUT2D eigenvalue weighted by atomic mass is 10.2. The maximum absolute atomic E-state index is 5.98. The molecular formula is C11H14ClN3S. The second kappa shape index (κ2) is 4.99. The smallest absolute Gasteiger partial charge is 0.123 e. The summed E-state index contributed by atoms with van der Waals surface area (Å²) < 4.78 is 0.781. The van der Waals surface area contributed by atoms with Gasteiger partial charge in [0.2, 0.25) is 0 Å². The Morgan fingerprint density at radius 2 is 2.44 bits per heavy atom. The molecule has 1 atom stereocenters. The topological polar surface area (TPSA) is 54.7 Å². The standard InChI is InChI=1S/C11H14ClN3S/c1-2-3-8(13)11-14-5-9(15-11)7-4-10(12)16-6-7/h4-6,8H,2-3,13H2,1H3,(H,14,15). The zero-order valence-corrected chi connectivity index (χ0v) is 10.6. The number of aromatic nitrogens is 2. The number of rotatable bonds is 4. The molecule has 86 valence electrons. The lowest BCUT2D eigenvalue weighted by Crippen LogP contribution is -2.11. The molecule has 0 saturated carbocycles. The van der Waals surface area contributed by atoms with E-state index in [0.717, 1.165) is 34.3 Å². The van der Waals surface area contributed by atoms with Gasteiger partial charge in [0.05, 0.1) is 22.3 Å². The first-order chi connectivity index (χ1) is 7.70. The van der Waals surface area contributed by atoms with Crippen LogP contribution in [-0.4, -0.2) is 9.97 Å². The number of thiophene rings is 1. The summed E-state index contributed by atoms with van der Waals surface area (Å²) in [5, 5.41) is 2.00. The summed E-state index contributed by atoms with van der Waals surface area (Å²) in [6, 6.07) is 1.92. The quantitative estimate of drug-likeness (QED) is 0.877. The third-order valence-electron chi connectivity index (χ3n) is 2.42. The Hall–Kier alpha value is -0.840. The number of nitrogens with one attached hydrogen (secondary N) is 1. The van der Waals surface area contributed by atoms with E-state index in [1.54, 1.807) is 0 Å². The number of aromatic amines is 1. The van der Waals surface area contributed by atoms with Crippen molar-refractivity contribution in [2.45, 2.75) is 25.8 Å². The van der Waals surface area contributed by atoms with Crippen LogP contribution in [0.2, 0.25) is 4.34 Å².